The van der Waals surface area contributed by atoms with Crippen LogP contribution in [0.25, 0.3) is 0 Å². The van der Waals surface area contributed by atoms with Crippen molar-refractivity contribution in [2.24, 2.45) is 0 Å². The topological polar surface area (TPSA) is 73.9 Å². The molecule has 1 fully saturated rings. The summed E-state index contributed by atoms with van der Waals surface area (Å²) in [4.78, 5) is 29.3. The SMILES string of the molecule is CCCOc1ccc(C(=O)N2CCN(c3ccc(NC(=S)NC(=O)Cc4ccc(Cl)cc4)cc3Cl)CC2)cc1. The zero-order valence-electron chi connectivity index (χ0n) is 21.6. The maximum atomic E-state index is 13.0. The van der Waals surface area contributed by atoms with E-state index in [0.29, 0.717) is 54.1 Å². The van der Waals surface area contributed by atoms with Crippen molar-refractivity contribution in [2.45, 2.75) is 19.8 Å². The van der Waals surface area contributed by atoms with Crippen LogP contribution in [0.4, 0.5) is 11.4 Å². The van der Waals surface area contributed by atoms with E-state index in [9.17, 15) is 9.59 Å². The molecule has 0 saturated carbocycles. The van der Waals surface area contributed by atoms with Crippen LogP contribution in [0, 0.1) is 0 Å². The molecule has 7 nitrogen and oxygen atoms in total. The number of benzene rings is 3. The zero-order chi connectivity index (χ0) is 27.8. The zero-order valence-corrected chi connectivity index (χ0v) is 23.9. The van der Waals surface area contributed by atoms with Gasteiger partial charge in [0.1, 0.15) is 5.75 Å². The highest BCUT2D eigenvalue weighted by atomic mass is 35.5. The first-order chi connectivity index (χ1) is 18.8. The minimum Gasteiger partial charge on any atom is -0.494 e. The van der Waals surface area contributed by atoms with Crippen molar-refractivity contribution < 1.29 is 14.3 Å². The fraction of sp³-hybridized carbons (Fsp3) is 0.276. The van der Waals surface area contributed by atoms with Crippen molar-refractivity contribution in [1.29, 1.82) is 0 Å². The lowest BCUT2D eigenvalue weighted by atomic mass is 10.1. The van der Waals surface area contributed by atoms with Crippen LogP contribution >= 0.6 is 35.4 Å². The molecule has 0 bridgehead atoms. The number of carbonyl (C=O) groups excluding carboxylic acids is 2. The van der Waals surface area contributed by atoms with Crippen molar-refractivity contribution in [3.05, 3.63) is 87.9 Å². The molecule has 0 atom stereocenters. The van der Waals surface area contributed by atoms with E-state index in [1.54, 1.807) is 30.3 Å². The first-order valence-corrected chi connectivity index (χ1v) is 13.9. The van der Waals surface area contributed by atoms with Crippen LogP contribution in [-0.4, -0.2) is 54.6 Å². The molecule has 2 amide bonds. The molecule has 0 radical (unpaired) electrons. The highest BCUT2D eigenvalue weighted by Gasteiger charge is 2.23. The number of rotatable bonds is 8. The lowest BCUT2D eigenvalue weighted by Gasteiger charge is -2.36. The highest BCUT2D eigenvalue weighted by molar-refractivity contribution is 7.80. The fourth-order valence-corrected chi connectivity index (χ4v) is 4.87. The predicted molar refractivity (Wildman–Crippen MR) is 161 cm³/mol. The lowest BCUT2D eigenvalue weighted by molar-refractivity contribution is -0.119. The molecule has 1 aliphatic rings. The molecule has 39 heavy (non-hydrogen) atoms. The Bertz CT molecular complexity index is 1310. The van der Waals surface area contributed by atoms with Crippen molar-refractivity contribution in [2.75, 3.05) is 43.0 Å². The average molecular weight is 586 g/mol. The van der Waals surface area contributed by atoms with Gasteiger partial charge in [0, 0.05) is 42.5 Å². The number of anilines is 2. The Kier molecular flexibility index (Phi) is 10.0. The summed E-state index contributed by atoms with van der Waals surface area (Å²) in [5, 5.41) is 7.05. The van der Waals surface area contributed by atoms with Crippen molar-refractivity contribution >= 4 is 63.7 Å². The largest absolute Gasteiger partial charge is 0.494 e. The summed E-state index contributed by atoms with van der Waals surface area (Å²) < 4.78 is 5.60. The quantitative estimate of drug-likeness (QED) is 0.326. The van der Waals surface area contributed by atoms with Gasteiger partial charge in [-0.25, -0.2) is 0 Å². The summed E-state index contributed by atoms with van der Waals surface area (Å²) >= 11 is 17.8. The molecule has 1 saturated heterocycles. The van der Waals surface area contributed by atoms with E-state index >= 15 is 0 Å². The number of piperazine rings is 1. The second-order valence-electron chi connectivity index (χ2n) is 9.12. The number of amides is 2. The molecule has 0 aliphatic carbocycles. The van der Waals surface area contributed by atoms with E-state index in [0.717, 1.165) is 23.4 Å². The first kappa shape index (κ1) is 28.7. The molecular formula is C29H30Cl2N4O3S. The summed E-state index contributed by atoms with van der Waals surface area (Å²) in [5.74, 6) is 0.548. The Morgan fingerprint density at radius 3 is 2.28 bits per heavy atom. The summed E-state index contributed by atoms with van der Waals surface area (Å²) in [6.07, 6.45) is 1.12. The molecule has 0 aromatic heterocycles. The van der Waals surface area contributed by atoms with Crippen LogP contribution in [0.2, 0.25) is 10.0 Å². The lowest BCUT2D eigenvalue weighted by Crippen LogP contribution is -2.48. The van der Waals surface area contributed by atoms with E-state index in [-0.39, 0.29) is 23.3 Å². The number of thiocarbonyl (C=S) groups is 1. The van der Waals surface area contributed by atoms with Gasteiger partial charge < -0.3 is 25.2 Å². The van der Waals surface area contributed by atoms with E-state index in [1.165, 1.54) is 0 Å². The van der Waals surface area contributed by atoms with Gasteiger partial charge in [-0.2, -0.15) is 0 Å². The van der Waals surface area contributed by atoms with Gasteiger partial charge >= 0.3 is 0 Å². The van der Waals surface area contributed by atoms with Crippen LogP contribution < -0.4 is 20.3 Å². The standard InChI is InChI=1S/C29H30Cl2N4O3S/c1-2-17-38-24-10-5-21(6-11-24)28(37)35-15-13-34(14-16-35)26-12-9-23(19-25(26)31)32-29(39)33-27(36)18-20-3-7-22(30)8-4-20/h3-12,19H,2,13-18H2,1H3,(H2,32,33,36,39). The molecule has 0 unspecified atom stereocenters. The molecule has 10 heteroatoms. The summed E-state index contributed by atoms with van der Waals surface area (Å²) in [7, 11) is 0. The molecule has 3 aromatic rings. The van der Waals surface area contributed by atoms with Crippen LogP contribution in [0.15, 0.2) is 66.7 Å². The number of carbonyl (C=O) groups is 2. The van der Waals surface area contributed by atoms with E-state index in [2.05, 4.69) is 22.5 Å². The Balaban J connectivity index is 1.27. The van der Waals surface area contributed by atoms with Crippen molar-refractivity contribution in [3.8, 4) is 5.75 Å². The number of halogens is 2. The summed E-state index contributed by atoms with van der Waals surface area (Å²) in [5.41, 5.74) is 3.03. The Hall–Kier alpha value is -3.33. The highest BCUT2D eigenvalue weighted by Crippen LogP contribution is 2.30. The molecule has 1 aliphatic heterocycles. The van der Waals surface area contributed by atoms with Gasteiger partial charge in [0.25, 0.3) is 5.91 Å². The molecule has 1 heterocycles. The smallest absolute Gasteiger partial charge is 0.253 e. The van der Waals surface area contributed by atoms with Crippen LogP contribution in [0.3, 0.4) is 0 Å². The van der Waals surface area contributed by atoms with Gasteiger partial charge in [-0.3, -0.25) is 9.59 Å². The average Bonchev–Trinajstić information content (AvgIpc) is 2.93. The van der Waals surface area contributed by atoms with Gasteiger partial charge in [0.05, 0.1) is 23.7 Å². The predicted octanol–water partition coefficient (Wildman–Crippen LogP) is 5.80. The van der Waals surface area contributed by atoms with Crippen molar-refractivity contribution in [1.82, 2.24) is 10.2 Å². The van der Waals surface area contributed by atoms with Gasteiger partial charge in [0.15, 0.2) is 5.11 Å². The summed E-state index contributed by atoms with van der Waals surface area (Å²) in [6.45, 7) is 5.21. The number of nitrogens with one attached hydrogen (secondary N) is 2. The molecular weight excluding hydrogens is 555 g/mol. The number of nitrogens with zero attached hydrogens (tertiary/aromatic N) is 2. The molecule has 0 spiro atoms. The van der Waals surface area contributed by atoms with Crippen LogP contribution in [0.1, 0.15) is 29.3 Å². The maximum absolute atomic E-state index is 13.0. The fourth-order valence-electron chi connectivity index (χ4n) is 4.21. The molecule has 3 aromatic carbocycles. The van der Waals surface area contributed by atoms with E-state index in [1.807, 2.05) is 41.3 Å². The van der Waals surface area contributed by atoms with Crippen LogP contribution in [0.5, 0.6) is 5.75 Å². The minimum atomic E-state index is -0.231. The number of hydrogen-bond acceptors (Lipinski definition) is 5. The second kappa shape index (κ2) is 13.6. The Morgan fingerprint density at radius 1 is 0.949 bits per heavy atom. The third-order valence-corrected chi connectivity index (χ3v) is 6.98. The van der Waals surface area contributed by atoms with Crippen LogP contribution in [-0.2, 0) is 11.2 Å². The van der Waals surface area contributed by atoms with Gasteiger partial charge in [-0.05, 0) is 78.8 Å². The third-order valence-electron chi connectivity index (χ3n) is 6.22. The number of hydrogen-bond donors (Lipinski definition) is 2. The Labute approximate surface area is 244 Å². The van der Waals surface area contributed by atoms with Gasteiger partial charge in [-0.15, -0.1) is 0 Å². The van der Waals surface area contributed by atoms with Gasteiger partial charge in [0.2, 0.25) is 5.91 Å². The normalized spacial score (nSPS) is 13.1. The number of ether oxygens (including phenoxy) is 1. The monoisotopic (exact) mass is 584 g/mol. The van der Waals surface area contributed by atoms with E-state index < -0.39 is 0 Å². The third kappa shape index (κ3) is 8.08. The maximum Gasteiger partial charge on any atom is 0.253 e. The van der Waals surface area contributed by atoms with E-state index in [4.69, 9.17) is 40.2 Å². The molecule has 204 valence electrons. The molecule has 2 N–H and O–H groups in total. The first-order valence-electron chi connectivity index (χ1n) is 12.7. The second-order valence-corrected chi connectivity index (χ2v) is 10.4. The minimum absolute atomic E-state index is 0.00829. The van der Waals surface area contributed by atoms with Crippen molar-refractivity contribution in [3.63, 3.8) is 0 Å². The summed E-state index contributed by atoms with van der Waals surface area (Å²) in [6, 6.07) is 19.9. The Morgan fingerprint density at radius 2 is 1.64 bits per heavy atom. The molecule has 4 rings (SSSR count). The van der Waals surface area contributed by atoms with Gasteiger partial charge in [-0.1, -0.05) is 42.3 Å².